The highest BCUT2D eigenvalue weighted by Gasteiger charge is 2.35. The number of ketones is 2. The monoisotopic (exact) mass is 518 g/mol. The number of aromatic hydroxyl groups is 1. The Morgan fingerprint density at radius 2 is 1.56 bits per heavy atom. The molecule has 1 unspecified atom stereocenters. The summed E-state index contributed by atoms with van der Waals surface area (Å²) in [7, 11) is 0. The molecule has 194 valence electrons. The van der Waals surface area contributed by atoms with Gasteiger partial charge < -0.3 is 9.84 Å². The average Bonchev–Trinajstić information content (AvgIpc) is 2.96. The van der Waals surface area contributed by atoms with Gasteiger partial charge >= 0.3 is 5.97 Å². The topological polar surface area (TPSA) is 106 Å². The van der Waals surface area contributed by atoms with Crippen LogP contribution in [0.3, 0.4) is 0 Å². The summed E-state index contributed by atoms with van der Waals surface area (Å²) in [6, 6.07) is 22.8. The van der Waals surface area contributed by atoms with E-state index >= 15 is 0 Å². The summed E-state index contributed by atoms with van der Waals surface area (Å²) in [6.07, 6.45) is 4.87. The van der Waals surface area contributed by atoms with E-state index in [-0.39, 0.29) is 29.7 Å². The minimum absolute atomic E-state index is 0.0364. The molecule has 0 fully saturated rings. The smallest absolute Gasteiger partial charge is 0.341 e. The van der Waals surface area contributed by atoms with Gasteiger partial charge in [-0.3, -0.25) is 9.59 Å². The Balaban J connectivity index is 0.000000237. The maximum absolute atomic E-state index is 13.4. The standard InChI is InChI=1S/C25H18O3.C7H8N2O2/c26-22-13-16-10-11-18-17-8-4-5-9-19(17)23(27)14-20(18)24(16)25(28)21(22)12-15-6-2-1-3-7-15;1-2-11-7(10)6-3-8-5-9-4-6/h1-11,14,21,27H,12-13H2;3-5H,2H2,1H3. The number of phenolic OH excluding ortho intramolecular Hbond substituents is 1. The number of Topliss-reactive ketones (excluding diaryl/α,β-unsaturated/α-hetero) is 2. The normalized spacial score (nSPS) is 14.4. The second-order valence-corrected chi connectivity index (χ2v) is 9.23. The predicted octanol–water partition coefficient (Wildman–Crippen LogP) is 5.52. The molecule has 7 nitrogen and oxygen atoms in total. The van der Waals surface area contributed by atoms with Crippen LogP contribution in [0.15, 0.2) is 91.5 Å². The highest BCUT2D eigenvalue weighted by Crippen LogP contribution is 2.38. The molecule has 0 aliphatic heterocycles. The van der Waals surface area contributed by atoms with Crippen molar-refractivity contribution in [3.63, 3.8) is 0 Å². The van der Waals surface area contributed by atoms with Gasteiger partial charge in [0.2, 0.25) is 0 Å². The van der Waals surface area contributed by atoms with Crippen molar-refractivity contribution in [3.05, 3.63) is 114 Å². The van der Waals surface area contributed by atoms with Gasteiger partial charge in [0.05, 0.1) is 18.1 Å². The third-order valence-corrected chi connectivity index (χ3v) is 6.78. The van der Waals surface area contributed by atoms with E-state index in [1.807, 2.05) is 66.7 Å². The lowest BCUT2D eigenvalue weighted by Gasteiger charge is -2.24. The molecule has 1 aromatic heterocycles. The number of carbonyl (C=O) groups excluding carboxylic acids is 3. The first kappa shape index (κ1) is 25.7. The summed E-state index contributed by atoms with van der Waals surface area (Å²) in [4.78, 5) is 44.4. The molecule has 4 aromatic carbocycles. The zero-order valence-corrected chi connectivity index (χ0v) is 21.3. The summed E-state index contributed by atoms with van der Waals surface area (Å²) in [5.74, 6) is -1.08. The van der Waals surface area contributed by atoms with Crippen LogP contribution in [-0.4, -0.2) is 39.2 Å². The number of hydrogen-bond acceptors (Lipinski definition) is 7. The summed E-state index contributed by atoms with van der Waals surface area (Å²) >= 11 is 0. The number of esters is 1. The fourth-order valence-electron chi connectivity index (χ4n) is 4.95. The average molecular weight is 519 g/mol. The molecule has 0 saturated carbocycles. The van der Waals surface area contributed by atoms with Gasteiger partial charge in [-0.05, 0) is 46.7 Å². The maximum Gasteiger partial charge on any atom is 0.341 e. The molecular weight excluding hydrogens is 492 g/mol. The number of ether oxygens (including phenoxy) is 1. The third kappa shape index (κ3) is 5.25. The third-order valence-electron chi connectivity index (χ3n) is 6.78. The molecular formula is C32H26N2O5. The van der Waals surface area contributed by atoms with Gasteiger partial charge in [0.1, 0.15) is 17.9 Å². The SMILES string of the molecule is CCOC(=O)c1cncnc1.O=C1Cc2ccc3c(cc(O)c4ccccc43)c2C(=O)C1Cc1ccccc1. The van der Waals surface area contributed by atoms with Gasteiger partial charge in [0.25, 0.3) is 0 Å². The van der Waals surface area contributed by atoms with Crippen LogP contribution in [0.4, 0.5) is 0 Å². The molecule has 7 heteroatoms. The van der Waals surface area contributed by atoms with E-state index in [0.29, 0.717) is 24.2 Å². The quantitative estimate of drug-likeness (QED) is 0.190. The number of hydrogen-bond donors (Lipinski definition) is 1. The van der Waals surface area contributed by atoms with Crippen LogP contribution < -0.4 is 0 Å². The largest absolute Gasteiger partial charge is 0.507 e. The van der Waals surface area contributed by atoms with E-state index in [4.69, 9.17) is 4.74 Å². The lowest BCUT2D eigenvalue weighted by molar-refractivity contribution is -0.121. The van der Waals surface area contributed by atoms with Crippen LogP contribution in [0.5, 0.6) is 5.75 Å². The second-order valence-electron chi connectivity index (χ2n) is 9.23. The molecule has 39 heavy (non-hydrogen) atoms. The van der Waals surface area contributed by atoms with Gasteiger partial charge in [-0.1, -0.05) is 66.7 Å². The van der Waals surface area contributed by atoms with Crippen LogP contribution >= 0.6 is 0 Å². The van der Waals surface area contributed by atoms with E-state index in [2.05, 4.69) is 9.97 Å². The van der Waals surface area contributed by atoms with Crippen molar-refractivity contribution in [1.82, 2.24) is 9.97 Å². The van der Waals surface area contributed by atoms with Crippen LogP contribution in [0.1, 0.15) is 38.8 Å². The molecule has 1 N–H and O–H groups in total. The fourth-order valence-corrected chi connectivity index (χ4v) is 4.95. The van der Waals surface area contributed by atoms with Crippen molar-refractivity contribution in [3.8, 4) is 5.75 Å². The highest BCUT2D eigenvalue weighted by atomic mass is 16.5. The lowest BCUT2D eigenvalue weighted by atomic mass is 9.76. The van der Waals surface area contributed by atoms with Crippen molar-refractivity contribution in [2.75, 3.05) is 6.61 Å². The van der Waals surface area contributed by atoms with Crippen LogP contribution in [0.25, 0.3) is 21.5 Å². The summed E-state index contributed by atoms with van der Waals surface area (Å²) in [5.41, 5.74) is 2.70. The number of phenols is 1. The minimum atomic E-state index is -0.672. The Labute approximate surface area is 225 Å². The number of aromatic nitrogens is 2. The van der Waals surface area contributed by atoms with Gasteiger partial charge in [0, 0.05) is 29.8 Å². The fraction of sp³-hybridized carbons (Fsp3) is 0.156. The summed E-state index contributed by atoms with van der Waals surface area (Å²) in [6.45, 7) is 2.12. The molecule has 1 heterocycles. The second kappa shape index (κ2) is 11.2. The molecule has 0 amide bonds. The van der Waals surface area contributed by atoms with E-state index in [1.165, 1.54) is 18.7 Å². The Bertz CT molecular complexity index is 1680. The molecule has 0 radical (unpaired) electrons. The summed E-state index contributed by atoms with van der Waals surface area (Å²) < 4.78 is 4.71. The van der Waals surface area contributed by atoms with Gasteiger partial charge in [-0.15, -0.1) is 0 Å². The zero-order chi connectivity index (χ0) is 27.4. The van der Waals surface area contributed by atoms with Gasteiger partial charge in [-0.25, -0.2) is 14.8 Å². The summed E-state index contributed by atoms with van der Waals surface area (Å²) in [5, 5.41) is 13.8. The van der Waals surface area contributed by atoms with Crippen molar-refractivity contribution in [1.29, 1.82) is 0 Å². The number of rotatable bonds is 4. The van der Waals surface area contributed by atoms with Gasteiger partial charge in [-0.2, -0.15) is 0 Å². The lowest BCUT2D eigenvalue weighted by Crippen LogP contribution is -2.33. The maximum atomic E-state index is 13.4. The van der Waals surface area contributed by atoms with E-state index in [0.717, 1.165) is 32.7 Å². The van der Waals surface area contributed by atoms with Crippen LogP contribution in [0, 0.1) is 5.92 Å². The van der Waals surface area contributed by atoms with E-state index in [9.17, 15) is 19.5 Å². The van der Waals surface area contributed by atoms with Gasteiger partial charge in [0.15, 0.2) is 5.78 Å². The molecule has 6 rings (SSSR count). The van der Waals surface area contributed by atoms with Crippen LogP contribution in [-0.2, 0) is 22.4 Å². The number of nitrogens with zero attached hydrogens (tertiary/aromatic N) is 2. The predicted molar refractivity (Wildman–Crippen MR) is 148 cm³/mol. The Morgan fingerprint density at radius 3 is 2.28 bits per heavy atom. The Morgan fingerprint density at radius 1 is 0.897 bits per heavy atom. The Hall–Kier alpha value is -4.91. The van der Waals surface area contributed by atoms with Crippen molar-refractivity contribution in [2.45, 2.75) is 19.8 Å². The first-order valence-corrected chi connectivity index (χ1v) is 12.7. The molecule has 0 bridgehead atoms. The van der Waals surface area contributed by atoms with Crippen molar-refractivity contribution < 1.29 is 24.2 Å². The number of fused-ring (bicyclic) bond motifs is 5. The number of carbonyl (C=O) groups is 3. The minimum Gasteiger partial charge on any atom is -0.507 e. The van der Waals surface area contributed by atoms with Crippen LogP contribution in [0.2, 0.25) is 0 Å². The first-order chi connectivity index (χ1) is 19.0. The molecule has 1 aliphatic carbocycles. The highest BCUT2D eigenvalue weighted by molar-refractivity contribution is 6.24. The van der Waals surface area contributed by atoms with Crippen molar-refractivity contribution in [2.24, 2.45) is 5.92 Å². The molecule has 1 aliphatic rings. The molecule has 5 aromatic rings. The van der Waals surface area contributed by atoms with E-state index in [1.54, 1.807) is 13.0 Å². The molecule has 0 spiro atoms. The van der Waals surface area contributed by atoms with E-state index < -0.39 is 5.92 Å². The van der Waals surface area contributed by atoms with Crippen molar-refractivity contribution >= 4 is 39.1 Å². The zero-order valence-electron chi connectivity index (χ0n) is 21.3. The first-order valence-electron chi connectivity index (χ1n) is 12.7. The number of benzene rings is 4. The Kier molecular flexibility index (Phi) is 7.41. The molecule has 1 atom stereocenters. The molecule has 0 saturated heterocycles.